The number of aromatic nitrogens is 2. The standard InChI is InChI=1S/C13H9BrF6N2OS/c1-22-9(5-11(21-22)13(18,19)20)7-2-3-8(14)10(4-7)24(23)6-12(15,16)17/h2-5H,6H2,1H3. The van der Waals surface area contributed by atoms with E-state index in [9.17, 15) is 30.6 Å². The maximum atomic E-state index is 12.7. The lowest BCUT2D eigenvalue weighted by Crippen LogP contribution is -2.18. The number of hydrogen-bond donors (Lipinski definition) is 0. The van der Waals surface area contributed by atoms with Crippen molar-refractivity contribution in [1.82, 2.24) is 9.78 Å². The van der Waals surface area contributed by atoms with Crippen LogP contribution in [0.25, 0.3) is 11.3 Å². The monoisotopic (exact) mass is 434 g/mol. The molecule has 1 unspecified atom stereocenters. The van der Waals surface area contributed by atoms with E-state index in [1.165, 1.54) is 19.2 Å². The van der Waals surface area contributed by atoms with Crippen LogP contribution in [-0.4, -0.2) is 25.9 Å². The van der Waals surface area contributed by atoms with Crippen LogP contribution in [-0.2, 0) is 24.0 Å². The van der Waals surface area contributed by atoms with Crippen LogP contribution in [0.5, 0.6) is 0 Å². The van der Waals surface area contributed by atoms with Gasteiger partial charge in [0.05, 0.1) is 21.4 Å². The van der Waals surface area contributed by atoms with Crippen LogP contribution < -0.4 is 0 Å². The number of benzene rings is 1. The summed E-state index contributed by atoms with van der Waals surface area (Å²) in [5, 5.41) is 3.34. The SMILES string of the molecule is Cn1nc(C(F)(F)F)cc1-c1ccc(Br)c(S(=O)CC(F)(F)F)c1. The average molecular weight is 435 g/mol. The Bertz CT molecular complexity index is 784. The molecule has 24 heavy (non-hydrogen) atoms. The second-order valence-electron chi connectivity index (χ2n) is 4.79. The molecule has 2 rings (SSSR count). The lowest BCUT2D eigenvalue weighted by molar-refractivity contribution is -0.141. The van der Waals surface area contributed by atoms with Crippen LogP contribution in [0.4, 0.5) is 26.3 Å². The maximum Gasteiger partial charge on any atom is 0.435 e. The van der Waals surface area contributed by atoms with Gasteiger partial charge in [-0.3, -0.25) is 8.89 Å². The van der Waals surface area contributed by atoms with Gasteiger partial charge in [0.1, 0.15) is 5.75 Å². The molecular formula is C13H9BrF6N2OS. The predicted molar refractivity (Wildman–Crippen MR) is 78.7 cm³/mol. The highest BCUT2D eigenvalue weighted by molar-refractivity contribution is 9.10. The molecule has 0 N–H and O–H groups in total. The molecule has 0 bridgehead atoms. The van der Waals surface area contributed by atoms with Crippen molar-refractivity contribution in [3.05, 3.63) is 34.4 Å². The second kappa shape index (κ2) is 6.51. The Hall–Kier alpha value is -1.36. The van der Waals surface area contributed by atoms with Gasteiger partial charge in [0, 0.05) is 17.1 Å². The molecule has 0 amide bonds. The summed E-state index contributed by atoms with van der Waals surface area (Å²) in [5.74, 6) is -1.55. The highest BCUT2D eigenvalue weighted by atomic mass is 79.9. The van der Waals surface area contributed by atoms with Gasteiger partial charge in [0.2, 0.25) is 0 Å². The van der Waals surface area contributed by atoms with Crippen LogP contribution in [0.3, 0.4) is 0 Å². The molecule has 0 radical (unpaired) electrons. The first-order valence-electron chi connectivity index (χ1n) is 6.25. The van der Waals surface area contributed by atoms with Crippen molar-refractivity contribution in [1.29, 1.82) is 0 Å². The zero-order valence-electron chi connectivity index (χ0n) is 11.9. The number of hydrogen-bond acceptors (Lipinski definition) is 2. The van der Waals surface area contributed by atoms with E-state index >= 15 is 0 Å². The summed E-state index contributed by atoms with van der Waals surface area (Å²) in [4.78, 5) is -0.153. The highest BCUT2D eigenvalue weighted by Gasteiger charge is 2.35. The van der Waals surface area contributed by atoms with Gasteiger partial charge < -0.3 is 0 Å². The zero-order valence-corrected chi connectivity index (χ0v) is 14.3. The van der Waals surface area contributed by atoms with Crippen LogP contribution in [0.1, 0.15) is 5.69 Å². The topological polar surface area (TPSA) is 34.9 Å². The zero-order chi connectivity index (χ0) is 18.3. The van der Waals surface area contributed by atoms with Crippen molar-refractivity contribution < 1.29 is 30.6 Å². The molecule has 0 spiro atoms. The van der Waals surface area contributed by atoms with Crippen molar-refractivity contribution in [2.75, 3.05) is 5.75 Å². The maximum absolute atomic E-state index is 12.7. The van der Waals surface area contributed by atoms with E-state index in [0.717, 1.165) is 16.8 Å². The minimum absolute atomic E-state index is 0.0417. The first-order chi connectivity index (χ1) is 10.9. The van der Waals surface area contributed by atoms with E-state index in [1.807, 2.05) is 0 Å². The molecule has 132 valence electrons. The second-order valence-corrected chi connectivity index (χ2v) is 7.06. The number of nitrogens with zero attached hydrogens (tertiary/aromatic N) is 2. The first-order valence-corrected chi connectivity index (χ1v) is 8.36. The van der Waals surface area contributed by atoms with Gasteiger partial charge in [0.25, 0.3) is 0 Å². The minimum Gasteiger partial charge on any atom is -0.267 e. The van der Waals surface area contributed by atoms with Gasteiger partial charge in [-0.2, -0.15) is 31.4 Å². The van der Waals surface area contributed by atoms with E-state index in [2.05, 4.69) is 21.0 Å². The molecule has 1 heterocycles. The van der Waals surface area contributed by atoms with E-state index < -0.39 is 34.6 Å². The third kappa shape index (κ3) is 4.38. The van der Waals surface area contributed by atoms with Crippen LogP contribution in [0.2, 0.25) is 0 Å². The molecule has 0 aliphatic heterocycles. The molecule has 0 fully saturated rings. The van der Waals surface area contributed by atoms with Gasteiger partial charge in [-0.05, 0) is 34.1 Å². The summed E-state index contributed by atoms with van der Waals surface area (Å²) < 4.78 is 88.3. The molecular weight excluding hydrogens is 426 g/mol. The third-order valence-corrected chi connectivity index (χ3v) is 5.31. The van der Waals surface area contributed by atoms with Crippen molar-refractivity contribution >= 4 is 26.7 Å². The fourth-order valence-electron chi connectivity index (χ4n) is 1.94. The number of halogens is 7. The van der Waals surface area contributed by atoms with Crippen LogP contribution >= 0.6 is 15.9 Å². The predicted octanol–water partition coefficient (Wildman–Crippen LogP) is 4.54. The van der Waals surface area contributed by atoms with Gasteiger partial charge in [0.15, 0.2) is 5.69 Å². The fraction of sp³-hybridized carbons (Fsp3) is 0.308. The molecule has 0 saturated heterocycles. The molecule has 1 aromatic carbocycles. The van der Waals surface area contributed by atoms with Gasteiger partial charge in [-0.1, -0.05) is 6.07 Å². The van der Waals surface area contributed by atoms with Crippen molar-refractivity contribution in [2.24, 2.45) is 7.05 Å². The Morgan fingerprint density at radius 1 is 1.17 bits per heavy atom. The summed E-state index contributed by atoms with van der Waals surface area (Å²) >= 11 is 3.00. The minimum atomic E-state index is -4.65. The largest absolute Gasteiger partial charge is 0.435 e. The number of aryl methyl sites for hydroxylation is 1. The Morgan fingerprint density at radius 2 is 1.79 bits per heavy atom. The van der Waals surface area contributed by atoms with E-state index in [4.69, 9.17) is 0 Å². The van der Waals surface area contributed by atoms with Gasteiger partial charge in [-0.15, -0.1) is 0 Å². The first kappa shape index (κ1) is 19.0. The fourth-order valence-corrected chi connectivity index (χ4v) is 3.72. The molecule has 0 aliphatic rings. The lowest BCUT2D eigenvalue weighted by atomic mass is 10.1. The molecule has 0 aliphatic carbocycles. The summed E-state index contributed by atoms with van der Waals surface area (Å²) in [6.07, 6.45) is -9.27. The summed E-state index contributed by atoms with van der Waals surface area (Å²) in [6, 6.07) is 4.66. The van der Waals surface area contributed by atoms with Crippen LogP contribution in [0.15, 0.2) is 33.6 Å². The average Bonchev–Trinajstić information content (AvgIpc) is 2.79. The Labute approximate surface area is 143 Å². The molecule has 1 aromatic heterocycles. The lowest BCUT2D eigenvalue weighted by Gasteiger charge is -2.10. The number of rotatable bonds is 3. The molecule has 3 nitrogen and oxygen atoms in total. The molecule has 11 heteroatoms. The van der Waals surface area contributed by atoms with E-state index in [-0.39, 0.29) is 20.6 Å². The normalized spacial score (nSPS) is 14.0. The Balaban J connectivity index is 2.45. The van der Waals surface area contributed by atoms with Crippen LogP contribution in [0, 0.1) is 0 Å². The highest BCUT2D eigenvalue weighted by Crippen LogP contribution is 2.33. The quantitative estimate of drug-likeness (QED) is 0.664. The summed E-state index contributed by atoms with van der Waals surface area (Å²) in [5.41, 5.74) is -0.907. The Morgan fingerprint density at radius 3 is 2.29 bits per heavy atom. The smallest absolute Gasteiger partial charge is 0.267 e. The Kier molecular flexibility index (Phi) is 5.14. The summed E-state index contributed by atoms with van der Waals surface area (Å²) in [6.45, 7) is 0. The van der Waals surface area contributed by atoms with E-state index in [1.54, 1.807) is 0 Å². The molecule has 0 saturated carbocycles. The third-order valence-electron chi connectivity index (χ3n) is 2.94. The van der Waals surface area contributed by atoms with Gasteiger partial charge >= 0.3 is 12.4 Å². The van der Waals surface area contributed by atoms with Crippen molar-refractivity contribution in [3.8, 4) is 11.3 Å². The molecule has 1 atom stereocenters. The molecule has 2 aromatic rings. The summed E-state index contributed by atoms with van der Waals surface area (Å²) in [7, 11) is -1.11. The van der Waals surface area contributed by atoms with Crippen molar-refractivity contribution in [2.45, 2.75) is 17.2 Å². The van der Waals surface area contributed by atoms with Crippen molar-refractivity contribution in [3.63, 3.8) is 0 Å². The van der Waals surface area contributed by atoms with Gasteiger partial charge in [-0.25, -0.2) is 0 Å². The van der Waals surface area contributed by atoms with E-state index in [0.29, 0.717) is 0 Å². The number of alkyl halides is 6.